The Labute approximate surface area is 181 Å². The maximum atomic E-state index is 13.4. The summed E-state index contributed by atoms with van der Waals surface area (Å²) in [6, 6.07) is 14.4. The molecule has 2 aromatic carbocycles. The lowest BCUT2D eigenvalue weighted by Crippen LogP contribution is -2.23. The third kappa shape index (κ3) is 5.90. The van der Waals surface area contributed by atoms with Gasteiger partial charge in [0.1, 0.15) is 5.82 Å². The van der Waals surface area contributed by atoms with Crippen molar-refractivity contribution in [3.05, 3.63) is 71.3 Å². The van der Waals surface area contributed by atoms with Gasteiger partial charge in [-0.25, -0.2) is 17.5 Å². The highest BCUT2D eigenvalue weighted by atomic mass is 32.2. The van der Waals surface area contributed by atoms with Crippen molar-refractivity contribution >= 4 is 21.8 Å². The van der Waals surface area contributed by atoms with E-state index in [0.717, 1.165) is 11.8 Å². The molecule has 6 nitrogen and oxygen atoms in total. The zero-order valence-electron chi connectivity index (χ0n) is 17.4. The summed E-state index contributed by atoms with van der Waals surface area (Å²) in [7, 11) is -3.39. The summed E-state index contributed by atoms with van der Waals surface area (Å²) >= 11 is 1.49. The van der Waals surface area contributed by atoms with Gasteiger partial charge in [-0.1, -0.05) is 56.8 Å². The molecule has 0 fully saturated rings. The molecule has 0 radical (unpaired) electrons. The monoisotopic (exact) mass is 448 g/mol. The number of rotatable bonds is 7. The number of nitrogens with zero attached hydrogens (tertiary/aromatic N) is 3. The lowest BCUT2D eigenvalue weighted by Gasteiger charge is -2.19. The molecule has 1 N–H and O–H groups in total. The first kappa shape index (κ1) is 22.5. The number of hydrogen-bond acceptors (Lipinski definition) is 5. The van der Waals surface area contributed by atoms with Crippen LogP contribution in [0.15, 0.2) is 53.7 Å². The molecule has 0 saturated carbocycles. The fourth-order valence-electron chi connectivity index (χ4n) is 2.80. The van der Waals surface area contributed by atoms with Gasteiger partial charge >= 0.3 is 0 Å². The molecule has 9 heteroatoms. The van der Waals surface area contributed by atoms with E-state index < -0.39 is 10.0 Å². The molecule has 3 rings (SSSR count). The Balaban J connectivity index is 1.85. The van der Waals surface area contributed by atoms with Crippen molar-refractivity contribution in [2.75, 3.05) is 6.26 Å². The maximum absolute atomic E-state index is 13.4. The predicted octanol–water partition coefficient (Wildman–Crippen LogP) is 4.05. The number of nitrogens with one attached hydrogen (secondary N) is 1. The number of thioether (sulfide) groups is 1. The number of aromatic nitrogens is 3. The van der Waals surface area contributed by atoms with Crippen molar-refractivity contribution in [3.63, 3.8) is 0 Å². The van der Waals surface area contributed by atoms with Crippen molar-refractivity contribution in [1.82, 2.24) is 19.5 Å². The van der Waals surface area contributed by atoms with Crippen LogP contribution >= 0.6 is 11.8 Å². The molecule has 3 aromatic rings. The third-order valence-corrected chi connectivity index (χ3v) is 6.13. The van der Waals surface area contributed by atoms with Crippen molar-refractivity contribution in [1.29, 1.82) is 0 Å². The molecule has 160 valence electrons. The van der Waals surface area contributed by atoms with E-state index in [0.29, 0.717) is 22.4 Å². The molecule has 0 aliphatic rings. The lowest BCUT2D eigenvalue weighted by atomic mass is 9.87. The zero-order chi connectivity index (χ0) is 21.9. The summed E-state index contributed by atoms with van der Waals surface area (Å²) in [5.41, 5.74) is 3.16. The molecule has 0 unspecified atom stereocenters. The number of hydrogen-bond donors (Lipinski definition) is 1. The Morgan fingerprint density at radius 3 is 2.23 bits per heavy atom. The van der Waals surface area contributed by atoms with Crippen LogP contribution in [0.1, 0.15) is 37.7 Å². The average Bonchev–Trinajstić information content (AvgIpc) is 3.07. The first-order valence-electron chi connectivity index (χ1n) is 9.40. The van der Waals surface area contributed by atoms with Crippen molar-refractivity contribution in [3.8, 4) is 5.69 Å². The minimum atomic E-state index is -3.39. The first-order chi connectivity index (χ1) is 14.0. The Morgan fingerprint density at radius 2 is 1.67 bits per heavy atom. The molecular weight excluding hydrogens is 423 g/mol. The molecule has 0 aliphatic carbocycles. The standard InChI is InChI=1S/C21H25FN4O2S2/c1-21(2,3)16-7-5-15(6-8-16)14-29-20-25-24-19(13-23-30(4,27)28)26(20)18-11-9-17(22)10-12-18/h5-12,23H,13-14H2,1-4H3. The van der Waals surface area contributed by atoms with Crippen LogP contribution in [0.3, 0.4) is 0 Å². The van der Waals surface area contributed by atoms with E-state index in [-0.39, 0.29) is 17.8 Å². The summed E-state index contributed by atoms with van der Waals surface area (Å²) in [6.07, 6.45) is 1.09. The van der Waals surface area contributed by atoms with E-state index in [9.17, 15) is 12.8 Å². The molecule has 0 aliphatic heterocycles. The van der Waals surface area contributed by atoms with E-state index in [1.165, 1.54) is 29.5 Å². The van der Waals surface area contributed by atoms with E-state index >= 15 is 0 Å². The van der Waals surface area contributed by atoms with Crippen molar-refractivity contribution in [2.24, 2.45) is 0 Å². The second-order valence-electron chi connectivity index (χ2n) is 8.04. The second-order valence-corrected chi connectivity index (χ2v) is 10.8. The molecule has 30 heavy (non-hydrogen) atoms. The molecule has 0 bridgehead atoms. The Morgan fingerprint density at radius 1 is 1.03 bits per heavy atom. The number of halogens is 1. The van der Waals surface area contributed by atoms with Crippen LogP contribution in [0.25, 0.3) is 5.69 Å². The van der Waals surface area contributed by atoms with Gasteiger partial charge in [-0.15, -0.1) is 10.2 Å². The first-order valence-corrected chi connectivity index (χ1v) is 12.3. The maximum Gasteiger partial charge on any atom is 0.209 e. The molecule has 0 spiro atoms. The van der Waals surface area contributed by atoms with E-state index in [1.54, 1.807) is 16.7 Å². The van der Waals surface area contributed by atoms with Crippen LogP contribution in [0.5, 0.6) is 0 Å². The van der Waals surface area contributed by atoms with Gasteiger partial charge < -0.3 is 0 Å². The summed E-state index contributed by atoms with van der Waals surface area (Å²) in [6.45, 7) is 6.51. The number of benzene rings is 2. The quantitative estimate of drug-likeness (QED) is 0.552. The minimum absolute atomic E-state index is 0.00987. The lowest BCUT2D eigenvalue weighted by molar-refractivity contribution is 0.584. The second kappa shape index (κ2) is 8.87. The molecule has 0 saturated heterocycles. The van der Waals surface area contributed by atoms with Gasteiger partial charge in [0.15, 0.2) is 11.0 Å². The van der Waals surface area contributed by atoms with Gasteiger partial charge in [0, 0.05) is 11.4 Å². The highest BCUT2D eigenvalue weighted by Crippen LogP contribution is 2.27. The van der Waals surface area contributed by atoms with Gasteiger partial charge in [-0.3, -0.25) is 4.57 Å². The van der Waals surface area contributed by atoms with Gasteiger partial charge in [-0.2, -0.15) is 0 Å². The highest BCUT2D eigenvalue weighted by molar-refractivity contribution is 7.98. The predicted molar refractivity (Wildman–Crippen MR) is 118 cm³/mol. The fourth-order valence-corrected chi connectivity index (χ4v) is 4.12. The summed E-state index contributed by atoms with van der Waals surface area (Å²) < 4.78 is 40.5. The van der Waals surface area contributed by atoms with Crippen LogP contribution in [0, 0.1) is 5.82 Å². The van der Waals surface area contributed by atoms with Crippen LogP contribution in [-0.2, 0) is 27.7 Å². The third-order valence-electron chi connectivity index (χ3n) is 4.47. The normalized spacial score (nSPS) is 12.3. The molecular formula is C21H25FN4O2S2. The zero-order valence-corrected chi connectivity index (χ0v) is 19.0. The van der Waals surface area contributed by atoms with E-state index in [2.05, 4.69) is 60.0 Å². The molecule has 1 aromatic heterocycles. The Bertz CT molecular complexity index is 1100. The smallest absolute Gasteiger partial charge is 0.209 e. The number of sulfonamides is 1. The van der Waals surface area contributed by atoms with E-state index in [1.807, 2.05) is 0 Å². The van der Waals surface area contributed by atoms with Crippen LogP contribution < -0.4 is 4.72 Å². The SMILES string of the molecule is CC(C)(C)c1ccc(CSc2nnc(CNS(C)(=O)=O)n2-c2ccc(F)cc2)cc1. The molecule has 1 heterocycles. The molecule has 0 amide bonds. The van der Waals surface area contributed by atoms with E-state index in [4.69, 9.17) is 0 Å². The van der Waals surface area contributed by atoms with Gasteiger partial charge in [0.2, 0.25) is 10.0 Å². The van der Waals surface area contributed by atoms with Gasteiger partial charge in [-0.05, 0) is 40.8 Å². The van der Waals surface area contributed by atoms with Crippen LogP contribution in [0.2, 0.25) is 0 Å². The summed E-state index contributed by atoms with van der Waals surface area (Å²) in [5.74, 6) is 0.747. The topological polar surface area (TPSA) is 76.9 Å². The summed E-state index contributed by atoms with van der Waals surface area (Å²) in [4.78, 5) is 0. The highest BCUT2D eigenvalue weighted by Gasteiger charge is 2.17. The minimum Gasteiger partial charge on any atom is -0.273 e. The fraction of sp³-hybridized carbons (Fsp3) is 0.333. The molecule has 0 atom stereocenters. The van der Waals surface area contributed by atoms with Crippen LogP contribution in [0.4, 0.5) is 4.39 Å². The van der Waals surface area contributed by atoms with Crippen molar-refractivity contribution in [2.45, 2.75) is 43.6 Å². The van der Waals surface area contributed by atoms with Crippen molar-refractivity contribution < 1.29 is 12.8 Å². The van der Waals surface area contributed by atoms with Gasteiger partial charge in [0.25, 0.3) is 0 Å². The largest absolute Gasteiger partial charge is 0.273 e. The summed E-state index contributed by atoms with van der Waals surface area (Å²) in [5, 5.41) is 8.99. The van der Waals surface area contributed by atoms with Gasteiger partial charge in [0.05, 0.1) is 12.8 Å². The Kier molecular flexibility index (Phi) is 6.64. The average molecular weight is 449 g/mol. The Hall–Kier alpha value is -2.23. The van der Waals surface area contributed by atoms with Crippen LogP contribution in [-0.4, -0.2) is 29.4 Å².